The van der Waals surface area contributed by atoms with Crippen LogP contribution in [0.3, 0.4) is 0 Å². The van der Waals surface area contributed by atoms with Crippen LogP contribution in [-0.4, -0.2) is 17.9 Å². The highest BCUT2D eigenvalue weighted by atomic mass is 19.4. The van der Waals surface area contributed by atoms with Crippen molar-refractivity contribution in [3.8, 4) is 0 Å². The normalized spacial score (nSPS) is 16.6. The van der Waals surface area contributed by atoms with Crippen LogP contribution in [0.15, 0.2) is 0 Å². The van der Waals surface area contributed by atoms with E-state index in [2.05, 4.69) is 0 Å². The quantitative estimate of drug-likeness (QED) is 0.635. The van der Waals surface area contributed by atoms with Crippen molar-refractivity contribution in [2.24, 2.45) is 5.73 Å². The summed E-state index contributed by atoms with van der Waals surface area (Å²) in [4.78, 5) is 0. The fourth-order valence-electron chi connectivity index (χ4n) is 0.578. The smallest absolute Gasteiger partial charge is 0.325 e. The average molecular weight is 173 g/mol. The van der Waals surface area contributed by atoms with Crippen LogP contribution in [0.2, 0.25) is 0 Å². The molecule has 0 aliphatic rings. The van der Waals surface area contributed by atoms with Gasteiger partial charge in [0.25, 0.3) is 0 Å². The summed E-state index contributed by atoms with van der Waals surface area (Å²) in [6, 6.07) is 0. The van der Waals surface area contributed by atoms with E-state index >= 15 is 0 Å². The van der Waals surface area contributed by atoms with Crippen molar-refractivity contribution in [1.29, 1.82) is 0 Å². The highest BCUT2D eigenvalue weighted by molar-refractivity contribution is 4.79. The summed E-state index contributed by atoms with van der Waals surface area (Å²) in [6.07, 6.45) is -8.30. The summed E-state index contributed by atoms with van der Waals surface area (Å²) in [5.41, 5.74) is 4.08. The zero-order chi connectivity index (χ0) is 9.28. The maximum absolute atomic E-state index is 12.2. The number of alkyl halides is 4. The van der Waals surface area contributed by atoms with E-state index in [0.717, 1.165) is 0 Å². The second-order valence-electron chi connectivity index (χ2n) is 3.20. The van der Waals surface area contributed by atoms with Gasteiger partial charge in [0, 0.05) is 12.0 Å². The van der Waals surface area contributed by atoms with Gasteiger partial charge in [-0.1, -0.05) is 0 Å². The van der Waals surface area contributed by atoms with E-state index in [1.165, 1.54) is 13.8 Å². The minimum Gasteiger partial charge on any atom is -0.325 e. The Bertz CT molecular complexity index is 124. The Morgan fingerprint density at radius 1 is 1.27 bits per heavy atom. The van der Waals surface area contributed by atoms with Gasteiger partial charge in [0.2, 0.25) is 0 Å². The Hall–Kier alpha value is -0.320. The van der Waals surface area contributed by atoms with Crippen LogP contribution in [0.25, 0.3) is 0 Å². The van der Waals surface area contributed by atoms with E-state index in [0.29, 0.717) is 0 Å². The molecule has 1 atom stereocenters. The fourth-order valence-corrected chi connectivity index (χ4v) is 0.578. The molecule has 0 aliphatic carbocycles. The van der Waals surface area contributed by atoms with Crippen molar-refractivity contribution in [2.75, 3.05) is 0 Å². The van der Waals surface area contributed by atoms with Crippen LogP contribution in [0.5, 0.6) is 0 Å². The van der Waals surface area contributed by atoms with E-state index in [4.69, 9.17) is 5.73 Å². The van der Waals surface area contributed by atoms with Gasteiger partial charge in [0.1, 0.15) is 0 Å². The molecule has 68 valence electrons. The molecular formula is C6H11F4N. The topological polar surface area (TPSA) is 26.0 Å². The molecule has 1 unspecified atom stereocenters. The van der Waals surface area contributed by atoms with Crippen molar-refractivity contribution in [2.45, 2.75) is 38.2 Å². The summed E-state index contributed by atoms with van der Waals surface area (Å²) in [6.45, 7) is 2.70. The lowest BCUT2D eigenvalue weighted by Gasteiger charge is -2.22. The monoisotopic (exact) mass is 173 g/mol. The van der Waals surface area contributed by atoms with Crippen LogP contribution in [-0.2, 0) is 0 Å². The summed E-state index contributed by atoms with van der Waals surface area (Å²) < 4.78 is 46.8. The molecule has 0 bridgehead atoms. The standard InChI is InChI=1S/C6H11F4N/c1-5(2,11)3-4(7)6(8,9)10/h4H,3,11H2,1-2H3. The Kier molecular flexibility index (Phi) is 2.88. The van der Waals surface area contributed by atoms with Gasteiger partial charge in [-0.3, -0.25) is 0 Å². The third kappa shape index (κ3) is 5.01. The predicted octanol–water partition coefficient (Wildman–Crippen LogP) is 2.01. The Morgan fingerprint density at radius 2 is 1.64 bits per heavy atom. The van der Waals surface area contributed by atoms with Gasteiger partial charge in [-0.25, -0.2) is 4.39 Å². The molecule has 0 heterocycles. The molecule has 0 aromatic rings. The highest BCUT2D eigenvalue weighted by Crippen LogP contribution is 2.28. The van der Waals surface area contributed by atoms with Gasteiger partial charge in [0.05, 0.1) is 0 Å². The molecule has 1 nitrogen and oxygen atoms in total. The van der Waals surface area contributed by atoms with Gasteiger partial charge < -0.3 is 5.73 Å². The first kappa shape index (κ1) is 10.7. The average Bonchev–Trinajstić information content (AvgIpc) is 1.56. The van der Waals surface area contributed by atoms with Crippen LogP contribution in [0.4, 0.5) is 17.6 Å². The van der Waals surface area contributed by atoms with E-state index in [1.54, 1.807) is 0 Å². The molecule has 0 saturated heterocycles. The number of hydrogen-bond donors (Lipinski definition) is 1. The zero-order valence-corrected chi connectivity index (χ0v) is 6.37. The molecule has 0 aliphatic heterocycles. The van der Waals surface area contributed by atoms with Gasteiger partial charge in [-0.2, -0.15) is 13.2 Å². The van der Waals surface area contributed by atoms with Gasteiger partial charge >= 0.3 is 6.18 Å². The Labute approximate surface area is 62.6 Å². The lowest BCUT2D eigenvalue weighted by Crippen LogP contribution is -2.39. The molecule has 11 heavy (non-hydrogen) atoms. The van der Waals surface area contributed by atoms with Crippen molar-refractivity contribution in [3.05, 3.63) is 0 Å². The summed E-state index contributed by atoms with van der Waals surface area (Å²) in [5, 5.41) is 0. The molecule has 0 rings (SSSR count). The molecule has 0 aromatic heterocycles. The maximum atomic E-state index is 12.2. The number of halogens is 4. The Balaban J connectivity index is 3.99. The summed E-state index contributed by atoms with van der Waals surface area (Å²) in [7, 11) is 0. The van der Waals surface area contributed by atoms with Gasteiger partial charge in [0.15, 0.2) is 6.17 Å². The first-order valence-electron chi connectivity index (χ1n) is 3.12. The van der Waals surface area contributed by atoms with Crippen LogP contribution < -0.4 is 5.73 Å². The minimum atomic E-state index is -4.78. The van der Waals surface area contributed by atoms with Crippen molar-refractivity contribution < 1.29 is 17.6 Å². The zero-order valence-electron chi connectivity index (χ0n) is 6.37. The first-order valence-corrected chi connectivity index (χ1v) is 3.12. The number of nitrogens with two attached hydrogens (primary N) is 1. The molecule has 0 fully saturated rings. The third-order valence-electron chi connectivity index (χ3n) is 1.06. The van der Waals surface area contributed by atoms with Gasteiger partial charge in [-0.15, -0.1) is 0 Å². The predicted molar refractivity (Wildman–Crippen MR) is 33.8 cm³/mol. The molecule has 0 amide bonds. The van der Waals surface area contributed by atoms with Crippen molar-refractivity contribution in [3.63, 3.8) is 0 Å². The molecule has 2 N–H and O–H groups in total. The van der Waals surface area contributed by atoms with Crippen LogP contribution in [0.1, 0.15) is 20.3 Å². The number of hydrogen-bond acceptors (Lipinski definition) is 1. The molecule has 0 spiro atoms. The molecule has 0 aromatic carbocycles. The van der Waals surface area contributed by atoms with Crippen molar-refractivity contribution in [1.82, 2.24) is 0 Å². The van der Waals surface area contributed by atoms with Crippen molar-refractivity contribution >= 4 is 0 Å². The Morgan fingerprint density at radius 3 is 1.73 bits per heavy atom. The molecule has 5 heteroatoms. The largest absolute Gasteiger partial charge is 0.419 e. The third-order valence-corrected chi connectivity index (χ3v) is 1.06. The minimum absolute atomic E-state index is 0.698. The number of rotatable bonds is 2. The molecule has 0 saturated carbocycles. The highest BCUT2D eigenvalue weighted by Gasteiger charge is 2.42. The van der Waals surface area contributed by atoms with E-state index in [1.807, 2.05) is 0 Å². The molecular weight excluding hydrogens is 162 g/mol. The van der Waals surface area contributed by atoms with E-state index in [9.17, 15) is 17.6 Å². The second-order valence-corrected chi connectivity index (χ2v) is 3.20. The van der Waals surface area contributed by atoms with Crippen LogP contribution in [0, 0.1) is 0 Å². The lowest BCUT2D eigenvalue weighted by molar-refractivity contribution is -0.184. The first-order chi connectivity index (χ1) is 4.63. The lowest BCUT2D eigenvalue weighted by atomic mass is 9.99. The summed E-state index contributed by atoms with van der Waals surface area (Å²) >= 11 is 0. The van der Waals surface area contributed by atoms with Gasteiger partial charge in [-0.05, 0) is 13.8 Å². The SMILES string of the molecule is CC(C)(N)CC(F)C(F)(F)F. The van der Waals surface area contributed by atoms with Crippen LogP contribution >= 0.6 is 0 Å². The van der Waals surface area contributed by atoms with E-state index in [-0.39, 0.29) is 0 Å². The maximum Gasteiger partial charge on any atom is 0.419 e. The molecule has 0 radical (unpaired) electrons. The fraction of sp³-hybridized carbons (Fsp3) is 1.00. The second kappa shape index (κ2) is 2.97. The van der Waals surface area contributed by atoms with E-state index < -0.39 is 24.3 Å². The summed E-state index contributed by atoms with van der Waals surface area (Å²) in [5.74, 6) is 0.